The molecular weight excluding hydrogens is 388 g/mol. The van der Waals surface area contributed by atoms with Crippen molar-refractivity contribution in [3.05, 3.63) is 93.4 Å². The molecule has 2 aromatic carbocycles. The van der Waals surface area contributed by atoms with Crippen LogP contribution in [0.5, 0.6) is 0 Å². The summed E-state index contributed by atoms with van der Waals surface area (Å²) in [5.74, 6) is -0.109. The molecule has 4 rings (SSSR count). The molecular formula is C23H19ClN2OS. The molecule has 28 heavy (non-hydrogen) atoms. The summed E-state index contributed by atoms with van der Waals surface area (Å²) in [4.78, 5) is 13.8. The van der Waals surface area contributed by atoms with Gasteiger partial charge in [-0.3, -0.25) is 4.79 Å². The molecule has 1 amide bonds. The number of nitrogens with one attached hydrogen (secondary N) is 1. The highest BCUT2D eigenvalue weighted by atomic mass is 35.5. The van der Waals surface area contributed by atoms with Gasteiger partial charge in [0.25, 0.3) is 5.91 Å². The summed E-state index contributed by atoms with van der Waals surface area (Å²) in [5, 5.41) is 5.79. The second-order valence-corrected chi connectivity index (χ2v) is 7.94. The zero-order valence-electron chi connectivity index (χ0n) is 15.6. The Morgan fingerprint density at radius 2 is 1.71 bits per heavy atom. The molecule has 0 spiro atoms. The van der Waals surface area contributed by atoms with Crippen LogP contribution in [0.2, 0.25) is 5.02 Å². The first kappa shape index (κ1) is 18.5. The van der Waals surface area contributed by atoms with Crippen LogP contribution < -0.4 is 5.32 Å². The van der Waals surface area contributed by atoms with E-state index in [2.05, 4.69) is 5.32 Å². The van der Waals surface area contributed by atoms with Gasteiger partial charge in [-0.1, -0.05) is 35.9 Å². The van der Waals surface area contributed by atoms with E-state index in [0.717, 1.165) is 33.6 Å². The van der Waals surface area contributed by atoms with Gasteiger partial charge in [-0.2, -0.15) is 0 Å². The monoisotopic (exact) mass is 406 g/mol. The Morgan fingerprint density at radius 1 is 1.00 bits per heavy atom. The molecule has 5 heteroatoms. The highest BCUT2D eigenvalue weighted by Crippen LogP contribution is 2.36. The predicted molar refractivity (Wildman–Crippen MR) is 118 cm³/mol. The lowest BCUT2D eigenvalue weighted by Crippen LogP contribution is -2.14. The maximum Gasteiger partial charge on any atom is 0.267 e. The minimum Gasteiger partial charge on any atom is -0.322 e. The number of hydrogen-bond donors (Lipinski definition) is 1. The van der Waals surface area contributed by atoms with Crippen LogP contribution in [0.3, 0.4) is 0 Å². The number of carbonyl (C=O) groups excluding carboxylic acids is 1. The van der Waals surface area contributed by atoms with E-state index < -0.39 is 0 Å². The fourth-order valence-electron chi connectivity index (χ4n) is 3.15. The average molecular weight is 407 g/mol. The third-order valence-electron chi connectivity index (χ3n) is 4.84. The number of halogens is 1. The lowest BCUT2D eigenvalue weighted by molar-refractivity contribution is 0.103. The number of rotatable bonds is 4. The minimum atomic E-state index is -0.109. The quantitative estimate of drug-likeness (QED) is 0.400. The molecule has 2 aromatic heterocycles. The lowest BCUT2D eigenvalue weighted by atomic mass is 10.1. The molecule has 0 saturated heterocycles. The van der Waals surface area contributed by atoms with Gasteiger partial charge in [-0.15, -0.1) is 11.3 Å². The first-order chi connectivity index (χ1) is 13.5. The fourth-order valence-corrected chi connectivity index (χ4v) is 4.25. The fraction of sp³-hybridized carbons (Fsp3) is 0.0870. The number of benzene rings is 2. The van der Waals surface area contributed by atoms with Gasteiger partial charge >= 0.3 is 0 Å². The standard InChI is InChI=1S/C23H19ClN2OS/c1-15-6-5-7-20(16(15)2)25-23(27)22-21(26-12-3-4-13-26)19(14-28-22)17-8-10-18(24)11-9-17/h3-14H,1-2H3,(H,25,27). The molecule has 140 valence electrons. The molecule has 0 aliphatic rings. The minimum absolute atomic E-state index is 0.109. The van der Waals surface area contributed by atoms with Crippen LogP contribution in [0, 0.1) is 13.8 Å². The number of thiophene rings is 1. The van der Waals surface area contributed by atoms with Crippen molar-refractivity contribution >= 4 is 34.5 Å². The van der Waals surface area contributed by atoms with Crippen molar-refractivity contribution in [3.8, 4) is 16.8 Å². The van der Waals surface area contributed by atoms with E-state index in [1.807, 2.05) is 90.8 Å². The van der Waals surface area contributed by atoms with Gasteiger partial charge in [-0.25, -0.2) is 0 Å². The number of amides is 1. The second-order valence-electron chi connectivity index (χ2n) is 6.63. The summed E-state index contributed by atoms with van der Waals surface area (Å²) < 4.78 is 1.98. The molecule has 0 bridgehead atoms. The van der Waals surface area contributed by atoms with Crippen molar-refractivity contribution in [1.82, 2.24) is 4.57 Å². The number of anilines is 1. The third-order valence-corrected chi connectivity index (χ3v) is 6.06. The Kier molecular flexibility index (Phi) is 5.07. The van der Waals surface area contributed by atoms with Gasteiger partial charge in [-0.05, 0) is 60.9 Å². The Labute approximate surface area is 173 Å². The molecule has 0 aliphatic heterocycles. The van der Waals surface area contributed by atoms with Gasteiger partial charge in [0.05, 0.1) is 5.69 Å². The lowest BCUT2D eigenvalue weighted by Gasteiger charge is -2.12. The molecule has 0 aliphatic carbocycles. The Hall–Kier alpha value is -2.82. The molecule has 0 fully saturated rings. The summed E-state index contributed by atoms with van der Waals surface area (Å²) in [6, 6.07) is 17.5. The molecule has 0 saturated carbocycles. The van der Waals surface area contributed by atoms with E-state index in [0.29, 0.717) is 9.90 Å². The maximum atomic E-state index is 13.2. The van der Waals surface area contributed by atoms with Crippen molar-refractivity contribution < 1.29 is 4.79 Å². The largest absolute Gasteiger partial charge is 0.322 e. The molecule has 0 unspecified atom stereocenters. The van der Waals surface area contributed by atoms with Crippen LogP contribution in [0.25, 0.3) is 16.8 Å². The Morgan fingerprint density at radius 3 is 2.43 bits per heavy atom. The summed E-state index contributed by atoms with van der Waals surface area (Å²) in [6.07, 6.45) is 3.91. The predicted octanol–water partition coefficient (Wildman–Crippen LogP) is 6.73. The molecule has 0 radical (unpaired) electrons. The van der Waals surface area contributed by atoms with Gasteiger partial charge in [0, 0.05) is 34.0 Å². The summed E-state index contributed by atoms with van der Waals surface area (Å²) >= 11 is 7.49. The molecule has 1 N–H and O–H groups in total. The normalized spacial score (nSPS) is 10.8. The summed E-state index contributed by atoms with van der Waals surface area (Å²) in [5.41, 5.74) is 5.97. The summed E-state index contributed by atoms with van der Waals surface area (Å²) in [6.45, 7) is 4.06. The van der Waals surface area contributed by atoms with E-state index in [1.54, 1.807) is 0 Å². The SMILES string of the molecule is Cc1cccc(NC(=O)c2scc(-c3ccc(Cl)cc3)c2-n2cccc2)c1C. The van der Waals surface area contributed by atoms with Crippen molar-refractivity contribution in [2.24, 2.45) is 0 Å². The van der Waals surface area contributed by atoms with Crippen LogP contribution in [0.1, 0.15) is 20.8 Å². The van der Waals surface area contributed by atoms with Crippen molar-refractivity contribution in [2.45, 2.75) is 13.8 Å². The average Bonchev–Trinajstić information content (AvgIpc) is 3.35. The van der Waals surface area contributed by atoms with Gasteiger partial charge in [0.2, 0.25) is 0 Å². The topological polar surface area (TPSA) is 34.0 Å². The van der Waals surface area contributed by atoms with Gasteiger partial charge < -0.3 is 9.88 Å². The summed E-state index contributed by atoms with van der Waals surface area (Å²) in [7, 11) is 0. The molecule has 3 nitrogen and oxygen atoms in total. The van der Waals surface area contributed by atoms with E-state index in [9.17, 15) is 4.79 Å². The van der Waals surface area contributed by atoms with Crippen molar-refractivity contribution in [2.75, 3.05) is 5.32 Å². The van der Waals surface area contributed by atoms with Crippen LogP contribution >= 0.6 is 22.9 Å². The van der Waals surface area contributed by atoms with Crippen LogP contribution in [0.4, 0.5) is 5.69 Å². The van der Waals surface area contributed by atoms with Crippen LogP contribution in [-0.2, 0) is 0 Å². The van der Waals surface area contributed by atoms with Crippen molar-refractivity contribution in [3.63, 3.8) is 0 Å². The number of aromatic nitrogens is 1. The van der Waals surface area contributed by atoms with Crippen LogP contribution in [0.15, 0.2) is 72.4 Å². The maximum absolute atomic E-state index is 13.2. The number of aryl methyl sites for hydroxylation is 1. The molecule has 4 aromatic rings. The van der Waals surface area contributed by atoms with E-state index in [-0.39, 0.29) is 5.91 Å². The smallest absolute Gasteiger partial charge is 0.267 e. The number of carbonyl (C=O) groups is 1. The number of nitrogens with zero attached hydrogens (tertiary/aromatic N) is 1. The van der Waals surface area contributed by atoms with Crippen LogP contribution in [-0.4, -0.2) is 10.5 Å². The van der Waals surface area contributed by atoms with Gasteiger partial charge in [0.15, 0.2) is 0 Å². The van der Waals surface area contributed by atoms with E-state index >= 15 is 0 Å². The zero-order chi connectivity index (χ0) is 19.7. The highest BCUT2D eigenvalue weighted by molar-refractivity contribution is 7.13. The zero-order valence-corrected chi connectivity index (χ0v) is 17.1. The number of hydrogen-bond acceptors (Lipinski definition) is 2. The Balaban J connectivity index is 1.78. The second kappa shape index (κ2) is 7.66. The third kappa shape index (κ3) is 3.49. The van der Waals surface area contributed by atoms with Gasteiger partial charge in [0.1, 0.15) is 4.88 Å². The highest BCUT2D eigenvalue weighted by Gasteiger charge is 2.21. The van der Waals surface area contributed by atoms with E-state index in [4.69, 9.17) is 11.6 Å². The first-order valence-electron chi connectivity index (χ1n) is 8.93. The molecule has 0 atom stereocenters. The van der Waals surface area contributed by atoms with Crippen molar-refractivity contribution in [1.29, 1.82) is 0 Å². The first-order valence-corrected chi connectivity index (χ1v) is 10.2. The Bertz CT molecular complexity index is 1130. The van der Waals surface area contributed by atoms with E-state index in [1.165, 1.54) is 11.3 Å². The molecule has 2 heterocycles.